The molecule has 2 heterocycles. The van der Waals surface area contributed by atoms with Gasteiger partial charge in [0.15, 0.2) is 0 Å². The standard InChI is InChI=1S/C21H17N5O2/c27-19-17(14-22-21(25-19)26-13-7-12-23-26)24-20(28)18(15-8-3-1-4-9-15)16-10-5-2-6-11-16/h1-14,18H,(H,24,28)(H,22,25,27). The third-order valence-corrected chi connectivity index (χ3v) is 4.25. The summed E-state index contributed by atoms with van der Waals surface area (Å²) >= 11 is 0. The average Bonchev–Trinajstić information content (AvgIpc) is 3.26. The molecule has 0 aliphatic heterocycles. The molecule has 138 valence electrons. The van der Waals surface area contributed by atoms with Crippen LogP contribution in [-0.4, -0.2) is 30.8 Å². The Balaban J connectivity index is 1.63. The lowest BCUT2D eigenvalue weighted by Gasteiger charge is -2.18. The average molecular weight is 371 g/mol. The maximum atomic E-state index is 13.1. The molecule has 4 rings (SSSR count). The molecule has 2 aromatic carbocycles. The molecule has 7 heteroatoms. The lowest BCUT2D eigenvalue weighted by Crippen LogP contribution is -2.22. The van der Waals surface area contributed by atoms with Crippen molar-refractivity contribution in [1.29, 1.82) is 0 Å². The van der Waals surface area contributed by atoms with Crippen LogP contribution in [0.4, 0.5) is 5.69 Å². The number of aromatic nitrogens is 4. The SMILES string of the molecule is O=C(Nc1cnc(-n2cccn2)nc1O)C(c1ccccc1)c1ccccc1. The van der Waals surface area contributed by atoms with Crippen molar-refractivity contribution in [3.8, 4) is 11.8 Å². The summed E-state index contributed by atoms with van der Waals surface area (Å²) in [5, 5.41) is 17.0. The van der Waals surface area contributed by atoms with Gasteiger partial charge in [0.05, 0.1) is 12.1 Å². The Morgan fingerprint density at radius 2 is 1.61 bits per heavy atom. The van der Waals surface area contributed by atoms with Crippen LogP contribution in [0.3, 0.4) is 0 Å². The van der Waals surface area contributed by atoms with Gasteiger partial charge in [0.1, 0.15) is 5.69 Å². The van der Waals surface area contributed by atoms with E-state index >= 15 is 0 Å². The third-order valence-electron chi connectivity index (χ3n) is 4.25. The van der Waals surface area contributed by atoms with E-state index in [0.29, 0.717) is 0 Å². The number of rotatable bonds is 5. The predicted molar refractivity (Wildman–Crippen MR) is 104 cm³/mol. The molecular formula is C21H17N5O2. The van der Waals surface area contributed by atoms with E-state index in [2.05, 4.69) is 20.4 Å². The van der Waals surface area contributed by atoms with Crippen molar-refractivity contribution in [1.82, 2.24) is 19.7 Å². The van der Waals surface area contributed by atoms with Crippen LogP contribution in [0.1, 0.15) is 17.0 Å². The van der Waals surface area contributed by atoms with Gasteiger partial charge in [0.25, 0.3) is 5.95 Å². The van der Waals surface area contributed by atoms with Crippen molar-refractivity contribution in [2.75, 3.05) is 5.32 Å². The fraction of sp³-hybridized carbons (Fsp3) is 0.0476. The van der Waals surface area contributed by atoms with Crippen molar-refractivity contribution in [3.05, 3.63) is 96.4 Å². The number of aromatic hydroxyl groups is 1. The fourth-order valence-electron chi connectivity index (χ4n) is 2.94. The molecule has 0 aliphatic rings. The number of hydrogen-bond acceptors (Lipinski definition) is 5. The molecule has 7 nitrogen and oxygen atoms in total. The first-order valence-corrected chi connectivity index (χ1v) is 8.69. The first kappa shape index (κ1) is 17.4. The summed E-state index contributed by atoms with van der Waals surface area (Å²) in [6.45, 7) is 0. The highest BCUT2D eigenvalue weighted by molar-refractivity contribution is 5.98. The first-order valence-electron chi connectivity index (χ1n) is 8.69. The Hall–Kier alpha value is -4.00. The molecule has 2 N–H and O–H groups in total. The molecule has 1 amide bonds. The Morgan fingerprint density at radius 3 is 2.14 bits per heavy atom. The highest BCUT2D eigenvalue weighted by Gasteiger charge is 2.24. The van der Waals surface area contributed by atoms with E-state index < -0.39 is 5.92 Å². The van der Waals surface area contributed by atoms with E-state index in [-0.39, 0.29) is 23.4 Å². The molecule has 4 aromatic rings. The lowest BCUT2D eigenvalue weighted by atomic mass is 9.90. The van der Waals surface area contributed by atoms with Crippen molar-refractivity contribution < 1.29 is 9.90 Å². The van der Waals surface area contributed by atoms with E-state index in [0.717, 1.165) is 11.1 Å². The molecule has 0 spiro atoms. The van der Waals surface area contributed by atoms with Crippen molar-refractivity contribution in [2.45, 2.75) is 5.92 Å². The quantitative estimate of drug-likeness (QED) is 0.562. The van der Waals surface area contributed by atoms with Crippen molar-refractivity contribution in [3.63, 3.8) is 0 Å². The van der Waals surface area contributed by atoms with Gasteiger partial charge in [-0.15, -0.1) is 0 Å². The minimum atomic E-state index is -0.535. The van der Waals surface area contributed by atoms with Crippen molar-refractivity contribution in [2.24, 2.45) is 0 Å². The molecule has 0 saturated heterocycles. The van der Waals surface area contributed by atoms with E-state index in [4.69, 9.17) is 0 Å². The van der Waals surface area contributed by atoms with Crippen LogP contribution in [0.25, 0.3) is 5.95 Å². The Labute approximate surface area is 161 Å². The predicted octanol–water partition coefficient (Wildman–Crippen LogP) is 3.14. The van der Waals surface area contributed by atoms with E-state index in [1.165, 1.54) is 10.9 Å². The monoisotopic (exact) mass is 371 g/mol. The molecule has 28 heavy (non-hydrogen) atoms. The molecule has 0 unspecified atom stereocenters. The summed E-state index contributed by atoms with van der Waals surface area (Å²) < 4.78 is 1.42. The van der Waals surface area contributed by atoms with Gasteiger partial charge in [-0.05, 0) is 17.2 Å². The summed E-state index contributed by atoms with van der Waals surface area (Å²) in [5.74, 6) is -0.937. The zero-order valence-electron chi connectivity index (χ0n) is 14.8. The molecule has 0 atom stereocenters. The maximum absolute atomic E-state index is 13.1. The van der Waals surface area contributed by atoms with Gasteiger partial charge in [-0.2, -0.15) is 10.1 Å². The molecule has 0 bridgehead atoms. The molecule has 0 aliphatic carbocycles. The van der Waals surface area contributed by atoms with Gasteiger partial charge in [-0.25, -0.2) is 9.67 Å². The van der Waals surface area contributed by atoms with Crippen LogP contribution < -0.4 is 5.32 Å². The maximum Gasteiger partial charge on any atom is 0.253 e. The number of benzene rings is 2. The van der Waals surface area contributed by atoms with E-state index in [9.17, 15) is 9.90 Å². The number of nitrogens with one attached hydrogen (secondary N) is 1. The van der Waals surface area contributed by atoms with E-state index in [1.54, 1.807) is 18.5 Å². The van der Waals surface area contributed by atoms with E-state index in [1.807, 2.05) is 60.7 Å². The smallest absolute Gasteiger partial charge is 0.253 e. The van der Waals surface area contributed by atoms with Gasteiger partial charge in [-0.3, -0.25) is 4.79 Å². The number of carbonyl (C=O) groups excluding carboxylic acids is 1. The van der Waals surface area contributed by atoms with Crippen LogP contribution >= 0.6 is 0 Å². The molecule has 0 saturated carbocycles. The number of nitrogens with zero attached hydrogens (tertiary/aromatic N) is 4. The molecule has 2 aromatic heterocycles. The summed E-state index contributed by atoms with van der Waals surface area (Å²) in [6, 6.07) is 20.7. The van der Waals surface area contributed by atoms with Crippen LogP contribution in [0.2, 0.25) is 0 Å². The zero-order valence-corrected chi connectivity index (χ0v) is 14.8. The van der Waals surface area contributed by atoms with Gasteiger partial charge in [-0.1, -0.05) is 60.7 Å². The summed E-state index contributed by atoms with van der Waals surface area (Å²) in [6.07, 6.45) is 4.61. The number of amides is 1. The summed E-state index contributed by atoms with van der Waals surface area (Å²) in [4.78, 5) is 21.2. The normalized spacial score (nSPS) is 10.8. The molecule has 0 fully saturated rings. The minimum absolute atomic E-state index is 0.137. The van der Waals surface area contributed by atoms with Gasteiger partial charge in [0, 0.05) is 12.4 Å². The zero-order chi connectivity index (χ0) is 19.3. The second-order valence-corrected chi connectivity index (χ2v) is 6.10. The molecule has 0 radical (unpaired) electrons. The fourth-order valence-corrected chi connectivity index (χ4v) is 2.94. The van der Waals surface area contributed by atoms with Gasteiger partial charge >= 0.3 is 0 Å². The van der Waals surface area contributed by atoms with Crippen LogP contribution in [0.15, 0.2) is 85.3 Å². The highest BCUT2D eigenvalue weighted by atomic mass is 16.3. The van der Waals surface area contributed by atoms with Crippen LogP contribution in [-0.2, 0) is 4.79 Å². The molecular weight excluding hydrogens is 354 g/mol. The van der Waals surface area contributed by atoms with Gasteiger partial charge < -0.3 is 10.4 Å². The summed E-state index contributed by atoms with van der Waals surface area (Å²) in [5.41, 5.74) is 1.83. The Morgan fingerprint density at radius 1 is 0.964 bits per heavy atom. The second kappa shape index (κ2) is 7.71. The van der Waals surface area contributed by atoms with Crippen LogP contribution in [0.5, 0.6) is 5.88 Å². The van der Waals surface area contributed by atoms with Crippen LogP contribution in [0, 0.1) is 0 Å². The number of hydrogen-bond donors (Lipinski definition) is 2. The second-order valence-electron chi connectivity index (χ2n) is 6.10. The minimum Gasteiger partial charge on any atom is -0.492 e. The number of anilines is 1. The number of carbonyl (C=O) groups is 1. The Kier molecular flexibility index (Phi) is 4.79. The third kappa shape index (κ3) is 3.59. The lowest BCUT2D eigenvalue weighted by molar-refractivity contribution is -0.116. The largest absolute Gasteiger partial charge is 0.492 e. The van der Waals surface area contributed by atoms with Gasteiger partial charge in [0.2, 0.25) is 11.8 Å². The Bertz CT molecular complexity index is 1030. The first-order chi connectivity index (χ1) is 13.7. The van der Waals surface area contributed by atoms with Crippen molar-refractivity contribution >= 4 is 11.6 Å². The highest BCUT2D eigenvalue weighted by Crippen LogP contribution is 2.28. The topological polar surface area (TPSA) is 92.9 Å². The summed E-state index contributed by atoms with van der Waals surface area (Å²) in [7, 11) is 0.